The quantitative estimate of drug-likeness (QED) is 0.806. The molecule has 7 heteroatoms. The van der Waals surface area contributed by atoms with Crippen LogP contribution in [0.2, 0.25) is 0 Å². The third-order valence-electron chi connectivity index (χ3n) is 4.16. The molecule has 2 heterocycles. The Labute approximate surface area is 136 Å². The van der Waals surface area contributed by atoms with E-state index in [2.05, 4.69) is 11.4 Å². The molecule has 1 aromatic rings. The minimum Gasteiger partial charge on any atom is -0.354 e. The van der Waals surface area contributed by atoms with Gasteiger partial charge in [-0.25, -0.2) is 8.42 Å². The lowest BCUT2D eigenvalue weighted by Crippen LogP contribution is -2.45. The molecule has 0 saturated carbocycles. The summed E-state index contributed by atoms with van der Waals surface area (Å²) in [5.74, 6) is 0.688. The van der Waals surface area contributed by atoms with E-state index in [-0.39, 0.29) is 29.4 Å². The van der Waals surface area contributed by atoms with Crippen molar-refractivity contribution in [3.63, 3.8) is 0 Å². The van der Waals surface area contributed by atoms with E-state index in [4.69, 9.17) is 0 Å². The molecule has 0 radical (unpaired) electrons. The highest BCUT2D eigenvalue weighted by Crippen LogP contribution is 2.19. The molecule has 1 aliphatic heterocycles. The molecule has 0 bridgehead atoms. The first-order valence-electron chi connectivity index (χ1n) is 7.58. The highest BCUT2D eigenvalue weighted by Gasteiger charge is 2.30. The fourth-order valence-electron chi connectivity index (χ4n) is 2.69. The Morgan fingerprint density at radius 1 is 1.55 bits per heavy atom. The molecule has 1 amide bonds. The molecule has 1 saturated heterocycles. The highest BCUT2D eigenvalue weighted by molar-refractivity contribution is 7.91. The van der Waals surface area contributed by atoms with Crippen LogP contribution in [-0.4, -0.2) is 56.9 Å². The number of carbonyl (C=O) groups is 1. The summed E-state index contributed by atoms with van der Waals surface area (Å²) in [5.41, 5.74) is 0. The van der Waals surface area contributed by atoms with Gasteiger partial charge in [0.1, 0.15) is 0 Å². The van der Waals surface area contributed by atoms with Crippen LogP contribution < -0.4 is 5.32 Å². The van der Waals surface area contributed by atoms with Crippen LogP contribution in [0, 0.1) is 5.92 Å². The van der Waals surface area contributed by atoms with Gasteiger partial charge in [-0.1, -0.05) is 6.07 Å². The molecule has 1 fully saturated rings. The molecule has 124 valence electrons. The fraction of sp³-hybridized carbons (Fsp3) is 0.667. The third-order valence-corrected chi connectivity index (χ3v) is 6.94. The fourth-order valence-corrected chi connectivity index (χ4v) is 5.25. The summed E-state index contributed by atoms with van der Waals surface area (Å²) in [5, 5.41) is 4.98. The maximum atomic E-state index is 12.1. The first kappa shape index (κ1) is 17.4. The van der Waals surface area contributed by atoms with Gasteiger partial charge in [0.2, 0.25) is 5.91 Å². The molecule has 1 aliphatic rings. The van der Waals surface area contributed by atoms with Crippen molar-refractivity contribution in [3.8, 4) is 0 Å². The van der Waals surface area contributed by atoms with Crippen molar-refractivity contribution in [2.75, 3.05) is 31.6 Å². The standard InChI is InChI=1S/C15H24N2O3S2/c1-12(15(18)16-7-5-14-4-3-8-21-14)17(2)10-13-6-9-22(19,20)11-13/h3-4,8,12-13H,5-7,9-11H2,1-2H3,(H,16,18). The predicted molar refractivity (Wildman–Crippen MR) is 89.9 cm³/mol. The average molecular weight is 345 g/mol. The smallest absolute Gasteiger partial charge is 0.237 e. The number of thiophene rings is 1. The van der Waals surface area contributed by atoms with Gasteiger partial charge in [0.05, 0.1) is 17.5 Å². The van der Waals surface area contributed by atoms with Gasteiger partial charge in [0.25, 0.3) is 0 Å². The number of likely N-dealkylation sites (N-methyl/N-ethyl adjacent to an activating group) is 1. The molecule has 0 spiro atoms. The van der Waals surface area contributed by atoms with Gasteiger partial charge in [-0.2, -0.15) is 0 Å². The van der Waals surface area contributed by atoms with Crippen LogP contribution >= 0.6 is 11.3 Å². The SMILES string of the molecule is CC(C(=O)NCCc1cccs1)N(C)CC1CCS(=O)(=O)C1. The Balaban J connectivity index is 1.72. The minimum absolute atomic E-state index is 0.0000831. The zero-order chi connectivity index (χ0) is 16.2. The Kier molecular flexibility index (Phi) is 6.00. The van der Waals surface area contributed by atoms with Crippen LogP contribution in [0.1, 0.15) is 18.2 Å². The Bertz CT molecular complexity index is 584. The van der Waals surface area contributed by atoms with Crippen LogP contribution in [0.15, 0.2) is 17.5 Å². The first-order valence-corrected chi connectivity index (χ1v) is 10.3. The maximum Gasteiger partial charge on any atom is 0.237 e. The van der Waals surface area contributed by atoms with E-state index >= 15 is 0 Å². The van der Waals surface area contributed by atoms with Crippen molar-refractivity contribution in [1.29, 1.82) is 0 Å². The van der Waals surface area contributed by atoms with Crippen LogP contribution in [-0.2, 0) is 21.1 Å². The molecule has 22 heavy (non-hydrogen) atoms. The Morgan fingerprint density at radius 3 is 2.91 bits per heavy atom. The van der Waals surface area contributed by atoms with Crippen LogP contribution in [0.4, 0.5) is 0 Å². The predicted octanol–water partition coefficient (Wildman–Crippen LogP) is 1.16. The Morgan fingerprint density at radius 2 is 2.32 bits per heavy atom. The van der Waals surface area contributed by atoms with Gasteiger partial charge in [-0.05, 0) is 44.2 Å². The molecule has 2 unspecified atom stereocenters. The lowest BCUT2D eigenvalue weighted by Gasteiger charge is -2.26. The van der Waals surface area contributed by atoms with E-state index in [1.807, 2.05) is 30.3 Å². The van der Waals surface area contributed by atoms with Gasteiger partial charge in [0.15, 0.2) is 9.84 Å². The van der Waals surface area contributed by atoms with E-state index in [9.17, 15) is 13.2 Å². The topological polar surface area (TPSA) is 66.5 Å². The summed E-state index contributed by atoms with van der Waals surface area (Å²) >= 11 is 1.69. The van der Waals surface area contributed by atoms with E-state index in [1.165, 1.54) is 4.88 Å². The van der Waals surface area contributed by atoms with Gasteiger partial charge in [0, 0.05) is 18.0 Å². The van der Waals surface area contributed by atoms with Crippen molar-refractivity contribution >= 4 is 27.1 Å². The van der Waals surface area contributed by atoms with Crippen molar-refractivity contribution in [3.05, 3.63) is 22.4 Å². The molecule has 1 N–H and O–H groups in total. The highest BCUT2D eigenvalue weighted by atomic mass is 32.2. The lowest BCUT2D eigenvalue weighted by atomic mass is 10.1. The maximum absolute atomic E-state index is 12.1. The molecule has 0 aliphatic carbocycles. The minimum atomic E-state index is -2.85. The Hall–Kier alpha value is -0.920. The summed E-state index contributed by atoms with van der Waals surface area (Å²) in [6, 6.07) is 3.83. The second kappa shape index (κ2) is 7.57. The zero-order valence-corrected chi connectivity index (χ0v) is 14.8. The molecular formula is C15H24N2O3S2. The molecule has 1 aromatic heterocycles. The summed E-state index contributed by atoms with van der Waals surface area (Å²) in [4.78, 5) is 15.4. The summed E-state index contributed by atoms with van der Waals surface area (Å²) in [6.07, 6.45) is 1.56. The number of amides is 1. The zero-order valence-electron chi connectivity index (χ0n) is 13.1. The molecule has 2 rings (SSSR count). The summed E-state index contributed by atoms with van der Waals surface area (Å²) in [7, 11) is -0.969. The van der Waals surface area contributed by atoms with Gasteiger partial charge >= 0.3 is 0 Å². The number of hydrogen-bond acceptors (Lipinski definition) is 5. The van der Waals surface area contributed by atoms with E-state index in [0.29, 0.717) is 19.5 Å². The lowest BCUT2D eigenvalue weighted by molar-refractivity contribution is -0.125. The number of carbonyl (C=O) groups excluding carboxylic acids is 1. The molecule has 2 atom stereocenters. The number of rotatable bonds is 7. The van der Waals surface area contributed by atoms with Crippen molar-refractivity contribution in [1.82, 2.24) is 10.2 Å². The average Bonchev–Trinajstić information content (AvgIpc) is 3.07. The first-order chi connectivity index (χ1) is 10.4. The van der Waals surface area contributed by atoms with E-state index in [0.717, 1.165) is 6.42 Å². The number of hydrogen-bond donors (Lipinski definition) is 1. The van der Waals surface area contributed by atoms with Gasteiger partial charge < -0.3 is 5.32 Å². The molecule has 0 aromatic carbocycles. The van der Waals surface area contributed by atoms with Crippen molar-refractivity contribution < 1.29 is 13.2 Å². The van der Waals surface area contributed by atoms with Gasteiger partial charge in [-0.3, -0.25) is 9.69 Å². The van der Waals surface area contributed by atoms with E-state index < -0.39 is 9.84 Å². The summed E-state index contributed by atoms with van der Waals surface area (Å²) < 4.78 is 23.0. The number of nitrogens with one attached hydrogen (secondary N) is 1. The van der Waals surface area contributed by atoms with Crippen LogP contribution in [0.3, 0.4) is 0 Å². The largest absolute Gasteiger partial charge is 0.354 e. The summed E-state index contributed by atoms with van der Waals surface area (Å²) in [6.45, 7) is 3.15. The molecule has 5 nitrogen and oxygen atoms in total. The monoisotopic (exact) mass is 344 g/mol. The number of sulfone groups is 1. The van der Waals surface area contributed by atoms with Crippen LogP contribution in [0.25, 0.3) is 0 Å². The second-order valence-corrected chi connectivity index (χ2v) is 9.27. The number of nitrogens with zero attached hydrogens (tertiary/aromatic N) is 1. The van der Waals surface area contributed by atoms with Gasteiger partial charge in [-0.15, -0.1) is 11.3 Å². The van der Waals surface area contributed by atoms with Crippen molar-refractivity contribution in [2.45, 2.75) is 25.8 Å². The third kappa shape index (κ3) is 5.07. The molecular weight excluding hydrogens is 320 g/mol. The van der Waals surface area contributed by atoms with Crippen LogP contribution in [0.5, 0.6) is 0 Å². The van der Waals surface area contributed by atoms with E-state index in [1.54, 1.807) is 11.3 Å². The van der Waals surface area contributed by atoms with Crippen molar-refractivity contribution in [2.24, 2.45) is 5.92 Å². The normalized spacial score (nSPS) is 21.9. The second-order valence-electron chi connectivity index (χ2n) is 6.01.